The van der Waals surface area contributed by atoms with E-state index in [4.69, 9.17) is 18.7 Å². The van der Waals surface area contributed by atoms with Gasteiger partial charge in [-0.05, 0) is 47.6 Å². The second kappa shape index (κ2) is 9.29. The molecule has 0 bridgehead atoms. The maximum absolute atomic E-state index is 11.9. The molecule has 3 aromatic heterocycles. The molecule has 10 nitrogen and oxygen atoms in total. The quantitative estimate of drug-likeness (QED) is 0.546. The van der Waals surface area contributed by atoms with Crippen molar-refractivity contribution in [3.05, 3.63) is 30.4 Å². The number of thiazole rings is 1. The maximum Gasteiger partial charge on any atom is 0.408 e. The predicted octanol–water partition coefficient (Wildman–Crippen LogP) is 4.75. The number of hydrogen-bond donors (Lipinski definition) is 1. The summed E-state index contributed by atoms with van der Waals surface area (Å²) in [5.74, 6) is 1.65. The molecule has 1 atom stereocenters. The van der Waals surface area contributed by atoms with Gasteiger partial charge in [-0.15, -0.1) is 0 Å². The molecule has 0 aliphatic carbocycles. The Labute approximate surface area is 184 Å². The van der Waals surface area contributed by atoms with Gasteiger partial charge in [0.05, 0.1) is 23.4 Å². The van der Waals surface area contributed by atoms with Crippen LogP contribution in [0.15, 0.2) is 29.0 Å². The number of alkyl carbamates (subject to hydrolysis) is 1. The summed E-state index contributed by atoms with van der Waals surface area (Å²) in [4.78, 5) is 25.3. The van der Waals surface area contributed by atoms with Crippen molar-refractivity contribution in [2.45, 2.75) is 59.3 Å². The van der Waals surface area contributed by atoms with Crippen LogP contribution in [-0.4, -0.2) is 37.9 Å². The molecule has 0 saturated carbocycles. The lowest BCUT2D eigenvalue weighted by molar-refractivity contribution is 0.0499. The van der Waals surface area contributed by atoms with Crippen LogP contribution >= 0.6 is 11.3 Å². The Morgan fingerprint density at radius 3 is 2.58 bits per heavy atom. The molecular formula is C20H25N5O5S. The fraction of sp³-hybridized carbons (Fsp3) is 0.450. The lowest BCUT2D eigenvalue weighted by Gasteiger charge is -2.20. The summed E-state index contributed by atoms with van der Waals surface area (Å²) >= 11 is 1.25. The SMILES string of the molecule is CC(C)Oc1ccc(Oc2ncc(-c3noc(C(C)NC(=O)OC(C)(C)C)n3)s2)cn1. The number of carbonyl (C=O) groups is 1. The molecule has 0 aromatic carbocycles. The van der Waals surface area contributed by atoms with Crippen LogP contribution in [0.3, 0.4) is 0 Å². The number of amides is 1. The highest BCUT2D eigenvalue weighted by Gasteiger charge is 2.22. The summed E-state index contributed by atoms with van der Waals surface area (Å²) in [6.07, 6.45) is 2.63. The first-order valence-electron chi connectivity index (χ1n) is 9.69. The van der Waals surface area contributed by atoms with Gasteiger partial charge in [0.25, 0.3) is 5.19 Å². The van der Waals surface area contributed by atoms with Gasteiger partial charge in [0.1, 0.15) is 17.4 Å². The fourth-order valence-electron chi connectivity index (χ4n) is 2.31. The van der Waals surface area contributed by atoms with Gasteiger partial charge in [-0.25, -0.2) is 14.8 Å². The molecule has 166 valence electrons. The molecule has 3 heterocycles. The average Bonchev–Trinajstić information content (AvgIpc) is 3.30. The van der Waals surface area contributed by atoms with Gasteiger partial charge < -0.3 is 24.1 Å². The number of hydrogen-bond acceptors (Lipinski definition) is 10. The predicted molar refractivity (Wildman–Crippen MR) is 113 cm³/mol. The molecule has 0 aliphatic heterocycles. The molecule has 0 spiro atoms. The molecule has 1 amide bonds. The van der Waals surface area contributed by atoms with Gasteiger partial charge in [0, 0.05) is 6.07 Å². The van der Waals surface area contributed by atoms with Crippen molar-refractivity contribution in [1.29, 1.82) is 0 Å². The molecule has 0 saturated heterocycles. The van der Waals surface area contributed by atoms with E-state index in [-0.39, 0.29) is 12.0 Å². The normalized spacial score (nSPS) is 12.5. The van der Waals surface area contributed by atoms with Crippen LogP contribution in [-0.2, 0) is 4.74 Å². The molecular weight excluding hydrogens is 422 g/mol. The Bertz CT molecular complexity index is 1010. The number of ether oxygens (including phenoxy) is 3. The second-order valence-corrected chi connectivity index (χ2v) is 8.91. The van der Waals surface area contributed by atoms with Gasteiger partial charge in [0.2, 0.25) is 17.6 Å². The molecule has 31 heavy (non-hydrogen) atoms. The Hall–Kier alpha value is -3.21. The Kier molecular flexibility index (Phi) is 6.74. The van der Waals surface area contributed by atoms with Crippen LogP contribution in [0, 0.1) is 0 Å². The third-order valence-corrected chi connectivity index (χ3v) is 4.39. The first-order valence-corrected chi connectivity index (χ1v) is 10.5. The van der Waals surface area contributed by atoms with Gasteiger partial charge >= 0.3 is 6.09 Å². The molecule has 1 unspecified atom stereocenters. The zero-order valence-corrected chi connectivity index (χ0v) is 19.0. The van der Waals surface area contributed by atoms with Crippen LogP contribution in [0.1, 0.15) is 53.5 Å². The Balaban J connectivity index is 1.61. The number of aromatic nitrogens is 4. The summed E-state index contributed by atoms with van der Waals surface area (Å²) in [5, 5.41) is 7.02. The third kappa shape index (κ3) is 6.64. The maximum atomic E-state index is 11.9. The van der Waals surface area contributed by atoms with Crippen LogP contribution in [0.25, 0.3) is 10.7 Å². The van der Waals surface area contributed by atoms with Crippen molar-refractivity contribution in [3.8, 4) is 27.5 Å². The zero-order chi connectivity index (χ0) is 22.6. The van der Waals surface area contributed by atoms with Gasteiger partial charge in [-0.3, -0.25) is 0 Å². The summed E-state index contributed by atoms with van der Waals surface area (Å²) in [5.41, 5.74) is -0.597. The van der Waals surface area contributed by atoms with E-state index in [9.17, 15) is 4.79 Å². The van der Waals surface area contributed by atoms with Crippen LogP contribution < -0.4 is 14.8 Å². The molecule has 0 radical (unpaired) electrons. The number of carbonyl (C=O) groups excluding carboxylic acids is 1. The molecule has 0 aliphatic rings. The first kappa shape index (κ1) is 22.5. The summed E-state index contributed by atoms with van der Waals surface area (Å²) < 4.78 is 21.7. The number of pyridine rings is 1. The highest BCUT2D eigenvalue weighted by molar-refractivity contribution is 7.16. The minimum atomic E-state index is -0.597. The number of nitrogens with one attached hydrogen (secondary N) is 1. The van der Waals surface area contributed by atoms with Crippen molar-refractivity contribution in [1.82, 2.24) is 25.4 Å². The minimum absolute atomic E-state index is 0.0442. The van der Waals surface area contributed by atoms with E-state index < -0.39 is 17.7 Å². The van der Waals surface area contributed by atoms with Gasteiger partial charge in [-0.2, -0.15) is 4.98 Å². The number of nitrogens with zero attached hydrogens (tertiary/aromatic N) is 4. The van der Waals surface area contributed by atoms with Crippen molar-refractivity contribution >= 4 is 17.4 Å². The van der Waals surface area contributed by atoms with E-state index in [1.165, 1.54) is 11.3 Å². The standard InChI is InChI=1S/C20H25N5O5S/c1-11(2)27-15-8-7-13(9-21-15)28-19-22-10-14(31-19)16-24-17(30-25-16)12(3)23-18(26)29-20(4,5)6/h7-12H,1-6H3,(H,23,26). The monoisotopic (exact) mass is 447 g/mol. The van der Waals surface area contributed by atoms with Crippen molar-refractivity contribution < 1.29 is 23.5 Å². The first-order chi connectivity index (χ1) is 14.6. The second-order valence-electron chi connectivity index (χ2n) is 7.92. The lowest BCUT2D eigenvalue weighted by Crippen LogP contribution is -2.34. The van der Waals surface area contributed by atoms with Crippen LogP contribution in [0.4, 0.5) is 4.79 Å². The third-order valence-electron chi connectivity index (χ3n) is 3.52. The Morgan fingerprint density at radius 1 is 1.16 bits per heavy atom. The van der Waals surface area contributed by atoms with Crippen molar-refractivity contribution in [3.63, 3.8) is 0 Å². The zero-order valence-electron chi connectivity index (χ0n) is 18.2. The van der Waals surface area contributed by atoms with Gasteiger partial charge in [0.15, 0.2) is 0 Å². The van der Waals surface area contributed by atoms with E-state index in [1.807, 2.05) is 13.8 Å². The average molecular weight is 448 g/mol. The molecule has 3 aromatic rings. The molecule has 11 heteroatoms. The summed E-state index contributed by atoms with van der Waals surface area (Å²) in [6.45, 7) is 10.9. The van der Waals surface area contributed by atoms with Gasteiger partial charge in [-0.1, -0.05) is 16.5 Å². The molecule has 3 rings (SSSR count). The van der Waals surface area contributed by atoms with Crippen molar-refractivity contribution in [2.75, 3.05) is 0 Å². The smallest absolute Gasteiger partial charge is 0.408 e. The highest BCUT2D eigenvalue weighted by Crippen LogP contribution is 2.32. The topological polar surface area (TPSA) is 121 Å². The van der Waals surface area contributed by atoms with E-state index >= 15 is 0 Å². The van der Waals surface area contributed by atoms with Crippen LogP contribution in [0.2, 0.25) is 0 Å². The lowest BCUT2D eigenvalue weighted by atomic mass is 10.2. The van der Waals surface area contributed by atoms with Crippen molar-refractivity contribution in [2.24, 2.45) is 0 Å². The van der Waals surface area contributed by atoms with Crippen LogP contribution in [0.5, 0.6) is 16.8 Å². The Morgan fingerprint density at radius 2 is 1.94 bits per heavy atom. The minimum Gasteiger partial charge on any atom is -0.475 e. The fourth-order valence-corrected chi connectivity index (χ4v) is 3.02. The van der Waals surface area contributed by atoms with E-state index in [0.29, 0.717) is 27.5 Å². The molecule has 1 N–H and O–H groups in total. The van der Waals surface area contributed by atoms with E-state index in [1.54, 1.807) is 52.2 Å². The van der Waals surface area contributed by atoms with E-state index in [2.05, 4.69) is 25.4 Å². The molecule has 0 fully saturated rings. The largest absolute Gasteiger partial charge is 0.475 e. The summed E-state index contributed by atoms with van der Waals surface area (Å²) in [7, 11) is 0. The highest BCUT2D eigenvalue weighted by atomic mass is 32.1. The summed E-state index contributed by atoms with van der Waals surface area (Å²) in [6, 6.07) is 2.97. The number of rotatable bonds is 7. The van der Waals surface area contributed by atoms with E-state index in [0.717, 1.165) is 0 Å².